The molecule has 0 fully saturated rings. The van der Waals surface area contributed by atoms with Crippen molar-refractivity contribution < 1.29 is 4.39 Å². The van der Waals surface area contributed by atoms with Gasteiger partial charge in [0, 0.05) is 0 Å². The van der Waals surface area contributed by atoms with Crippen LogP contribution >= 0.6 is 22.6 Å². The second-order valence-corrected chi connectivity index (χ2v) is 27.6. The third-order valence-electron chi connectivity index (χ3n) is 6.06. The molecule has 0 N–H and O–H groups in total. The molecule has 0 saturated heterocycles. The average Bonchev–Trinajstić information content (AvgIpc) is 2.61. The van der Waals surface area contributed by atoms with E-state index in [2.05, 4.69) is 57.2 Å². The Balaban J connectivity index is 3.02. The van der Waals surface area contributed by atoms with Crippen LogP contribution in [-0.4, -0.2) is 20.3 Å². The summed E-state index contributed by atoms with van der Waals surface area (Å²) in [5, 5.41) is 0. The van der Waals surface area contributed by atoms with E-state index in [1.54, 1.807) is 25.4 Å². The van der Waals surface area contributed by atoms with Gasteiger partial charge in [0.25, 0.3) is 0 Å². The predicted molar refractivity (Wildman–Crippen MR) is 127 cm³/mol. The van der Waals surface area contributed by atoms with E-state index >= 15 is 0 Å². The molecule has 0 radical (unpaired) electrons. The van der Waals surface area contributed by atoms with E-state index in [1.807, 2.05) is 12.1 Å². The molecule has 0 aliphatic heterocycles. The van der Waals surface area contributed by atoms with Gasteiger partial charge in [-0.1, -0.05) is 0 Å². The van der Waals surface area contributed by atoms with Gasteiger partial charge < -0.3 is 0 Å². The monoisotopic (exact) mass is 582 g/mol. The molecule has 1 aromatic carbocycles. The Morgan fingerprint density at radius 2 is 1.31 bits per heavy atom. The second kappa shape index (κ2) is 12.3. The maximum atomic E-state index is 13.4. The summed E-state index contributed by atoms with van der Waals surface area (Å²) in [6, 6.07) is 7.25. The van der Waals surface area contributed by atoms with E-state index in [9.17, 15) is 4.39 Å². The van der Waals surface area contributed by atoms with Crippen molar-refractivity contribution in [2.45, 2.75) is 100 Å². The van der Waals surface area contributed by atoms with Crippen molar-refractivity contribution in [3.8, 4) is 0 Å². The van der Waals surface area contributed by atoms with Gasteiger partial charge in [-0.05, 0) is 0 Å². The molecular weight excluding hydrogens is 541 g/mol. The molecule has 1 aromatic rings. The zero-order chi connectivity index (χ0) is 19.6. The summed E-state index contributed by atoms with van der Waals surface area (Å²) in [4.78, 5) is 0. The van der Waals surface area contributed by atoms with Gasteiger partial charge in [0.1, 0.15) is 0 Å². The first-order chi connectivity index (χ1) is 12.3. The Morgan fingerprint density at radius 1 is 0.885 bits per heavy atom. The number of benzene rings is 1. The molecule has 26 heavy (non-hydrogen) atoms. The minimum atomic E-state index is -2.20. The van der Waals surface area contributed by atoms with E-state index in [-0.39, 0.29) is 11.2 Å². The van der Waals surface area contributed by atoms with Gasteiger partial charge in [-0.3, -0.25) is 0 Å². The fourth-order valence-corrected chi connectivity index (χ4v) is 28.1. The molecule has 0 spiro atoms. The minimum absolute atomic E-state index is 0.127. The van der Waals surface area contributed by atoms with Crippen LogP contribution in [0.25, 0.3) is 0 Å². The SMILES string of the molecule is CCC[CH2][Sn]([CH2]CCC)([CH2]CCC)[CH](I)CC(C)(C)c1ccc(F)cc1. The van der Waals surface area contributed by atoms with E-state index in [4.69, 9.17) is 0 Å². The Bertz CT molecular complexity index is 476. The zero-order valence-corrected chi connectivity index (χ0v) is 22.7. The number of alkyl halides is 1. The molecule has 0 amide bonds. The van der Waals surface area contributed by atoms with Crippen molar-refractivity contribution in [3.63, 3.8) is 0 Å². The Labute approximate surface area is 180 Å². The number of halogens is 2. The molecule has 0 bridgehead atoms. The van der Waals surface area contributed by atoms with E-state index < -0.39 is 18.4 Å². The molecule has 1 rings (SSSR count). The zero-order valence-electron chi connectivity index (χ0n) is 17.7. The molecular formula is C23H40FISn. The molecule has 3 heteroatoms. The van der Waals surface area contributed by atoms with Crippen LogP contribution in [0.2, 0.25) is 13.3 Å². The van der Waals surface area contributed by atoms with Gasteiger partial charge in [0.05, 0.1) is 0 Å². The van der Waals surface area contributed by atoms with Gasteiger partial charge in [0.2, 0.25) is 0 Å². The summed E-state index contributed by atoms with van der Waals surface area (Å²) in [5.41, 5.74) is 1.43. The van der Waals surface area contributed by atoms with Gasteiger partial charge in [-0.15, -0.1) is 0 Å². The Hall–Kier alpha value is 0.679. The summed E-state index contributed by atoms with van der Waals surface area (Å²) < 4.78 is 18.9. The topological polar surface area (TPSA) is 0 Å². The van der Waals surface area contributed by atoms with Crippen LogP contribution in [0.4, 0.5) is 4.39 Å². The molecule has 0 saturated carbocycles. The van der Waals surface area contributed by atoms with Crippen LogP contribution in [-0.2, 0) is 5.41 Å². The van der Waals surface area contributed by atoms with Gasteiger partial charge in [0.15, 0.2) is 0 Å². The third kappa shape index (κ3) is 7.60. The summed E-state index contributed by atoms with van der Waals surface area (Å²) in [6.07, 6.45) is 9.55. The fraction of sp³-hybridized carbons (Fsp3) is 0.739. The van der Waals surface area contributed by atoms with E-state index in [0.717, 1.165) is 1.94 Å². The van der Waals surface area contributed by atoms with Crippen LogP contribution in [0.3, 0.4) is 0 Å². The molecule has 0 aliphatic carbocycles. The molecule has 0 heterocycles. The standard InChI is InChI=1S/C11H13FI.3C4H9.Sn/c1-11(2,7-8-13)9-3-5-10(12)6-4-9;3*1-3-4-2;/h3-6,8H,7H2,1-2H3;3*1,3-4H2,2H3;. The summed E-state index contributed by atoms with van der Waals surface area (Å²) in [6.45, 7) is 11.8. The normalized spacial score (nSPS) is 13.8. The fourth-order valence-electron chi connectivity index (χ4n) is 4.11. The summed E-state index contributed by atoms with van der Waals surface area (Å²) >= 11 is 0.649. The quantitative estimate of drug-likeness (QED) is 0.124. The van der Waals surface area contributed by atoms with Gasteiger partial charge >= 0.3 is 181 Å². The number of hydrogen-bond acceptors (Lipinski definition) is 0. The number of hydrogen-bond donors (Lipinski definition) is 0. The molecule has 0 nitrogen and oxygen atoms in total. The number of unbranched alkanes of at least 4 members (excludes halogenated alkanes) is 3. The molecule has 1 unspecified atom stereocenters. The van der Waals surface area contributed by atoms with Crippen LogP contribution in [0.15, 0.2) is 24.3 Å². The predicted octanol–water partition coefficient (Wildman–Crippen LogP) is 8.69. The second-order valence-electron chi connectivity index (χ2n) is 8.74. The van der Waals surface area contributed by atoms with E-state index in [1.165, 1.54) is 50.5 Å². The molecule has 0 aliphatic rings. The third-order valence-corrected chi connectivity index (χ3v) is 31.3. The summed E-state index contributed by atoms with van der Waals surface area (Å²) in [7, 11) is 0. The van der Waals surface area contributed by atoms with Crippen molar-refractivity contribution in [2.75, 3.05) is 0 Å². The maximum absolute atomic E-state index is 13.4. The van der Waals surface area contributed by atoms with Crippen LogP contribution < -0.4 is 0 Å². The Kier molecular flexibility index (Phi) is 11.7. The van der Waals surface area contributed by atoms with Crippen molar-refractivity contribution in [2.24, 2.45) is 0 Å². The van der Waals surface area contributed by atoms with Crippen molar-refractivity contribution in [3.05, 3.63) is 35.6 Å². The molecule has 1 atom stereocenters. The summed E-state index contributed by atoms with van der Waals surface area (Å²) in [5.74, 6) is -0.127. The number of rotatable bonds is 13. The molecule has 150 valence electrons. The van der Waals surface area contributed by atoms with Gasteiger partial charge in [-0.2, -0.15) is 0 Å². The van der Waals surface area contributed by atoms with Crippen molar-refractivity contribution in [1.82, 2.24) is 0 Å². The van der Waals surface area contributed by atoms with Crippen molar-refractivity contribution in [1.29, 1.82) is 0 Å². The first-order valence-electron chi connectivity index (χ1n) is 10.7. The first-order valence-corrected chi connectivity index (χ1v) is 19.7. The Morgan fingerprint density at radius 3 is 1.69 bits per heavy atom. The van der Waals surface area contributed by atoms with Gasteiger partial charge in [-0.25, -0.2) is 0 Å². The van der Waals surface area contributed by atoms with Crippen LogP contribution in [0.5, 0.6) is 0 Å². The van der Waals surface area contributed by atoms with Crippen molar-refractivity contribution >= 4 is 41.0 Å². The first kappa shape index (κ1) is 24.7. The molecule has 0 aromatic heterocycles. The average molecular weight is 581 g/mol. The van der Waals surface area contributed by atoms with E-state index in [0.29, 0.717) is 0 Å². The van der Waals surface area contributed by atoms with Crippen LogP contribution in [0.1, 0.15) is 85.1 Å². The van der Waals surface area contributed by atoms with Crippen LogP contribution in [0, 0.1) is 5.82 Å².